The maximum Gasteiger partial charge on any atom is 0.496 e. The Labute approximate surface area is 284 Å². The van der Waals surface area contributed by atoms with Crippen LogP contribution in [0.2, 0.25) is 0 Å². The first-order valence-electron chi connectivity index (χ1n) is 16.6. The third kappa shape index (κ3) is 9.57. The zero-order valence-electron chi connectivity index (χ0n) is 29.8. The molecule has 1 amide bonds. The Morgan fingerprint density at radius 3 is 1.90 bits per heavy atom. The largest absolute Gasteiger partial charge is 0.496 e. The van der Waals surface area contributed by atoms with Gasteiger partial charge in [0.15, 0.2) is 11.6 Å². The van der Waals surface area contributed by atoms with Crippen molar-refractivity contribution in [2.75, 3.05) is 24.3 Å². The summed E-state index contributed by atoms with van der Waals surface area (Å²) in [6.07, 6.45) is 12.3. The number of pyridine rings is 2. The van der Waals surface area contributed by atoms with E-state index in [9.17, 15) is 15.0 Å². The lowest BCUT2D eigenvalue weighted by molar-refractivity contribution is -0.114. The molecule has 48 heavy (non-hydrogen) atoms. The van der Waals surface area contributed by atoms with Crippen LogP contribution in [0.3, 0.4) is 0 Å². The first-order chi connectivity index (χ1) is 22.4. The molecule has 12 nitrogen and oxygen atoms in total. The van der Waals surface area contributed by atoms with Crippen LogP contribution in [0.4, 0.5) is 11.6 Å². The van der Waals surface area contributed by atoms with Crippen LogP contribution in [0.5, 0.6) is 0 Å². The first-order valence-corrected chi connectivity index (χ1v) is 16.6. The van der Waals surface area contributed by atoms with Crippen LogP contribution in [0.15, 0.2) is 42.9 Å². The number of aromatic nitrogens is 4. The minimum absolute atomic E-state index is 0.149. The van der Waals surface area contributed by atoms with Gasteiger partial charge in [-0.15, -0.1) is 0 Å². The van der Waals surface area contributed by atoms with Crippen molar-refractivity contribution in [1.29, 1.82) is 0 Å². The van der Waals surface area contributed by atoms with E-state index < -0.39 is 18.3 Å². The van der Waals surface area contributed by atoms with E-state index in [1.54, 1.807) is 58.4 Å². The Hall–Kier alpha value is -3.49. The Morgan fingerprint density at radius 1 is 0.833 bits per heavy atom. The average Bonchev–Trinajstić information content (AvgIpc) is 3.27. The molecule has 3 aliphatic rings. The fraction of sp³-hybridized carbons (Fsp3) is 0.571. The van der Waals surface area contributed by atoms with Gasteiger partial charge in [0.1, 0.15) is 11.2 Å². The number of methoxy groups -OCH3 is 1. The molecule has 4 N–H and O–H groups in total. The molecular formula is C35H51BN6O6. The average molecular weight is 663 g/mol. The van der Waals surface area contributed by atoms with Crippen LogP contribution >= 0.6 is 0 Å². The molecule has 0 aromatic carbocycles. The van der Waals surface area contributed by atoms with Gasteiger partial charge in [-0.3, -0.25) is 14.8 Å². The monoisotopic (exact) mass is 662 g/mol. The highest BCUT2D eigenvalue weighted by Crippen LogP contribution is 2.36. The van der Waals surface area contributed by atoms with Crippen LogP contribution in [0.1, 0.15) is 98.9 Å². The van der Waals surface area contributed by atoms with Crippen molar-refractivity contribution >= 4 is 30.1 Å². The van der Waals surface area contributed by atoms with Crippen LogP contribution in [0, 0.1) is 0 Å². The summed E-state index contributed by atoms with van der Waals surface area (Å²) in [7, 11) is 1.41. The molecule has 1 saturated heterocycles. The highest BCUT2D eigenvalue weighted by atomic mass is 16.7. The van der Waals surface area contributed by atoms with E-state index in [2.05, 4.69) is 30.6 Å². The highest BCUT2D eigenvalue weighted by molar-refractivity contribution is 6.62. The molecule has 1 aliphatic carbocycles. The predicted molar refractivity (Wildman–Crippen MR) is 187 cm³/mol. The highest BCUT2D eigenvalue weighted by Gasteiger charge is 2.51. The van der Waals surface area contributed by atoms with Gasteiger partial charge in [-0.05, 0) is 86.4 Å². The van der Waals surface area contributed by atoms with E-state index in [1.807, 2.05) is 46.9 Å². The summed E-state index contributed by atoms with van der Waals surface area (Å²) in [5, 5.41) is 25.3. The second-order valence-electron chi connectivity index (χ2n) is 14.5. The van der Waals surface area contributed by atoms with Crippen molar-refractivity contribution in [2.45, 2.75) is 116 Å². The fourth-order valence-electron chi connectivity index (χ4n) is 5.18. The standard InChI is InChI=1S/C14H22BNO3.C14H15N5O2.C7H14O/c1-12(2,17)11-8-7-10(9-16-11)15-18-13(3,4)14(5,6)19-15;1-14(2,21)10-4-3-8(5-15-10)9-6-16-12-13(18-9)19-11(20)7-17-12;1-8-7-5-3-2-4-6-7/h7-9,17H,1-6H3;3-6,21H,7H2,1-2H3,(H,16,17)(H,18,19,20);7H,2-6H2,1H3. The Kier molecular flexibility index (Phi) is 11.6. The summed E-state index contributed by atoms with van der Waals surface area (Å²) in [6, 6.07) is 7.25. The molecule has 3 aromatic heterocycles. The molecule has 1 saturated carbocycles. The van der Waals surface area contributed by atoms with Gasteiger partial charge in [-0.2, -0.15) is 0 Å². The van der Waals surface area contributed by atoms with Gasteiger partial charge >= 0.3 is 7.12 Å². The van der Waals surface area contributed by atoms with E-state index in [-0.39, 0.29) is 23.7 Å². The molecule has 3 aromatic rings. The summed E-state index contributed by atoms with van der Waals surface area (Å²) in [5.74, 6) is 0.819. The van der Waals surface area contributed by atoms with Crippen LogP contribution in [0.25, 0.3) is 11.3 Å². The van der Waals surface area contributed by atoms with E-state index >= 15 is 0 Å². The lowest BCUT2D eigenvalue weighted by atomic mass is 9.80. The van der Waals surface area contributed by atoms with Crippen molar-refractivity contribution in [3.63, 3.8) is 0 Å². The molecule has 0 unspecified atom stereocenters. The molecule has 5 heterocycles. The third-order valence-corrected chi connectivity index (χ3v) is 8.96. The molecular weight excluding hydrogens is 611 g/mol. The Morgan fingerprint density at radius 2 is 1.42 bits per heavy atom. The second-order valence-corrected chi connectivity index (χ2v) is 14.5. The van der Waals surface area contributed by atoms with Crippen molar-refractivity contribution in [1.82, 2.24) is 19.9 Å². The summed E-state index contributed by atoms with van der Waals surface area (Å²) in [4.78, 5) is 28.5. The first kappa shape index (κ1) is 37.3. The molecule has 260 valence electrons. The maximum atomic E-state index is 11.3. The van der Waals surface area contributed by atoms with E-state index in [4.69, 9.17) is 14.0 Å². The lowest BCUT2D eigenvalue weighted by Gasteiger charge is -2.32. The number of carbonyl (C=O) groups is 1. The minimum Gasteiger partial charge on any atom is -0.399 e. The van der Waals surface area contributed by atoms with Gasteiger partial charge in [0.2, 0.25) is 5.91 Å². The van der Waals surface area contributed by atoms with Gasteiger partial charge < -0.3 is 34.9 Å². The number of nitrogens with zero attached hydrogens (tertiary/aromatic N) is 4. The fourth-order valence-corrected chi connectivity index (χ4v) is 5.18. The second kappa shape index (κ2) is 15.0. The van der Waals surface area contributed by atoms with E-state index in [0.717, 1.165) is 11.0 Å². The summed E-state index contributed by atoms with van der Waals surface area (Å²) >= 11 is 0. The van der Waals surface area contributed by atoms with Crippen LogP contribution < -0.4 is 16.1 Å². The predicted octanol–water partition coefficient (Wildman–Crippen LogP) is 4.70. The molecule has 13 heteroatoms. The molecule has 0 bridgehead atoms. The van der Waals surface area contributed by atoms with E-state index in [1.165, 1.54) is 32.1 Å². The summed E-state index contributed by atoms with van der Waals surface area (Å²) in [5.41, 5.74) is 0.809. The van der Waals surface area contributed by atoms with Gasteiger partial charge in [-0.25, -0.2) is 9.97 Å². The van der Waals surface area contributed by atoms with Crippen LogP contribution in [-0.2, 0) is 30.0 Å². The van der Waals surface area contributed by atoms with Crippen molar-refractivity contribution in [3.05, 3.63) is 54.2 Å². The van der Waals surface area contributed by atoms with Crippen molar-refractivity contribution < 1.29 is 29.1 Å². The van der Waals surface area contributed by atoms with Gasteiger partial charge in [0.25, 0.3) is 0 Å². The number of carbonyl (C=O) groups excluding carboxylic acids is 1. The molecule has 6 rings (SSSR count). The number of fused-ring (bicyclic) bond motifs is 1. The van der Waals surface area contributed by atoms with Gasteiger partial charge in [0, 0.05) is 30.5 Å². The number of anilines is 2. The zero-order chi connectivity index (χ0) is 35.3. The molecule has 2 fully saturated rings. The normalized spacial score (nSPS) is 18.7. The smallest absolute Gasteiger partial charge is 0.399 e. The zero-order valence-corrected chi connectivity index (χ0v) is 29.8. The molecule has 2 aliphatic heterocycles. The van der Waals surface area contributed by atoms with Gasteiger partial charge in [-0.1, -0.05) is 25.3 Å². The number of amides is 1. The van der Waals surface area contributed by atoms with Crippen LogP contribution in [-0.4, -0.2) is 74.1 Å². The van der Waals surface area contributed by atoms with Crippen molar-refractivity contribution in [3.8, 4) is 11.3 Å². The quantitative estimate of drug-likeness (QED) is 0.280. The number of hydrogen-bond acceptors (Lipinski definition) is 11. The third-order valence-electron chi connectivity index (χ3n) is 8.96. The summed E-state index contributed by atoms with van der Waals surface area (Å²) < 4.78 is 17.1. The molecule has 0 spiro atoms. The molecule has 0 atom stereocenters. The SMILES string of the molecule is CC(C)(O)c1ccc(-c2cnc3c(n2)NC(=O)CN3)cn1.CC(C)(O)c1ccc(B2OC(C)(C)C(C)(C)O2)cn1.COC1CCCCC1. The van der Waals surface area contributed by atoms with Gasteiger partial charge in [0.05, 0.1) is 47.1 Å². The number of nitrogens with one attached hydrogen (secondary N) is 2. The Bertz CT molecular complexity index is 1500. The number of rotatable bonds is 5. The number of hydrogen-bond donors (Lipinski definition) is 4. The lowest BCUT2D eigenvalue weighted by Crippen LogP contribution is -2.41. The van der Waals surface area contributed by atoms with E-state index in [0.29, 0.717) is 34.8 Å². The van der Waals surface area contributed by atoms with Crippen molar-refractivity contribution in [2.24, 2.45) is 0 Å². The number of ether oxygens (including phenoxy) is 1. The topological polar surface area (TPSA) is 161 Å². The number of aliphatic hydroxyl groups is 2. The molecule has 0 radical (unpaired) electrons. The maximum absolute atomic E-state index is 11.3. The minimum atomic E-state index is -0.988. The summed E-state index contributed by atoms with van der Waals surface area (Å²) in [6.45, 7) is 15.1. The Balaban J connectivity index is 0.000000178.